The van der Waals surface area contributed by atoms with Crippen molar-refractivity contribution < 1.29 is 9.90 Å². The zero-order valence-electron chi connectivity index (χ0n) is 9.35. The summed E-state index contributed by atoms with van der Waals surface area (Å²) in [6.07, 6.45) is 0. The summed E-state index contributed by atoms with van der Waals surface area (Å²) in [5.74, 6) is -0.534. The number of aliphatic hydroxyl groups is 1. The lowest BCUT2D eigenvalue weighted by Gasteiger charge is -2.04. The zero-order valence-corrected chi connectivity index (χ0v) is 11.7. The van der Waals surface area contributed by atoms with Crippen molar-refractivity contribution in [1.29, 1.82) is 0 Å². The standard InChI is InChI=1S/C10H6Cl2N2OS.CH4O/c11-5-2-1-3-6(12)7(5)8-9(10(13)15)16-4-14-8;1-2/h1-4H,(H2,13,15);2H,1H3. The van der Waals surface area contributed by atoms with Crippen LogP contribution in [0.5, 0.6) is 0 Å². The third kappa shape index (κ3) is 3.00. The lowest BCUT2D eigenvalue weighted by molar-refractivity contribution is 0.100. The Hall–Kier alpha value is -1.14. The number of carbonyl (C=O) groups is 1. The van der Waals surface area contributed by atoms with Crippen molar-refractivity contribution in [3.8, 4) is 11.3 Å². The molecule has 4 nitrogen and oxygen atoms in total. The molecule has 1 aromatic heterocycles. The second-order valence-corrected chi connectivity index (χ2v) is 4.66. The number of carbonyl (C=O) groups excluding carboxylic acids is 1. The Kier molecular flexibility index (Phi) is 5.55. The van der Waals surface area contributed by atoms with Crippen molar-refractivity contribution in [2.75, 3.05) is 7.11 Å². The van der Waals surface area contributed by atoms with Gasteiger partial charge < -0.3 is 10.8 Å². The first kappa shape index (κ1) is 14.9. The molecule has 0 unspecified atom stereocenters. The van der Waals surface area contributed by atoms with Gasteiger partial charge in [-0.05, 0) is 12.1 Å². The van der Waals surface area contributed by atoms with E-state index in [4.69, 9.17) is 34.0 Å². The molecule has 0 fully saturated rings. The molecule has 0 aliphatic heterocycles. The fourth-order valence-corrected chi connectivity index (χ4v) is 2.55. The van der Waals surface area contributed by atoms with E-state index in [0.717, 1.165) is 7.11 Å². The molecule has 0 saturated carbocycles. The molecule has 0 bridgehead atoms. The number of thiazole rings is 1. The maximum absolute atomic E-state index is 11.2. The highest BCUT2D eigenvalue weighted by atomic mass is 35.5. The monoisotopic (exact) mass is 304 g/mol. The Labute approximate surface area is 118 Å². The van der Waals surface area contributed by atoms with Crippen molar-refractivity contribution in [2.24, 2.45) is 5.73 Å². The summed E-state index contributed by atoms with van der Waals surface area (Å²) in [6, 6.07) is 5.10. The smallest absolute Gasteiger partial charge is 0.261 e. The minimum atomic E-state index is -0.534. The first-order valence-corrected chi connectivity index (χ1v) is 6.37. The number of primary amides is 1. The molecule has 0 aliphatic carbocycles. The van der Waals surface area contributed by atoms with Crippen LogP contribution in [-0.4, -0.2) is 23.1 Å². The highest BCUT2D eigenvalue weighted by molar-refractivity contribution is 7.12. The molecule has 1 amide bonds. The number of rotatable bonds is 2. The number of aromatic nitrogens is 1. The quantitative estimate of drug-likeness (QED) is 0.895. The molecular formula is C11H10Cl2N2O2S. The summed E-state index contributed by atoms with van der Waals surface area (Å²) in [7, 11) is 1.00. The lowest BCUT2D eigenvalue weighted by atomic mass is 10.1. The number of halogens is 2. The topological polar surface area (TPSA) is 76.2 Å². The van der Waals surface area contributed by atoms with Gasteiger partial charge in [-0.2, -0.15) is 0 Å². The fourth-order valence-electron chi connectivity index (χ4n) is 1.32. The van der Waals surface area contributed by atoms with Crippen LogP contribution in [0.2, 0.25) is 10.0 Å². The van der Waals surface area contributed by atoms with Gasteiger partial charge in [-0.15, -0.1) is 11.3 Å². The van der Waals surface area contributed by atoms with Crippen LogP contribution in [0.1, 0.15) is 9.67 Å². The molecule has 0 radical (unpaired) electrons. The van der Waals surface area contributed by atoms with E-state index in [1.807, 2.05) is 0 Å². The van der Waals surface area contributed by atoms with Gasteiger partial charge in [-0.1, -0.05) is 29.3 Å². The van der Waals surface area contributed by atoms with Crippen LogP contribution in [0, 0.1) is 0 Å². The summed E-state index contributed by atoms with van der Waals surface area (Å²) in [4.78, 5) is 15.6. The second kappa shape index (κ2) is 6.70. The Morgan fingerprint density at radius 1 is 1.33 bits per heavy atom. The van der Waals surface area contributed by atoms with Crippen molar-refractivity contribution in [3.63, 3.8) is 0 Å². The number of aliphatic hydroxyl groups excluding tert-OH is 1. The van der Waals surface area contributed by atoms with Crippen LogP contribution < -0.4 is 5.73 Å². The fraction of sp³-hybridized carbons (Fsp3) is 0.0909. The van der Waals surface area contributed by atoms with Crippen LogP contribution in [0.15, 0.2) is 23.7 Å². The number of nitrogens with two attached hydrogens (primary N) is 1. The zero-order chi connectivity index (χ0) is 13.7. The minimum Gasteiger partial charge on any atom is -0.400 e. The van der Waals surface area contributed by atoms with Crippen LogP contribution in [0.4, 0.5) is 0 Å². The van der Waals surface area contributed by atoms with Gasteiger partial charge in [0.05, 0.1) is 21.2 Å². The third-order valence-electron chi connectivity index (χ3n) is 1.99. The summed E-state index contributed by atoms with van der Waals surface area (Å²) < 4.78 is 0. The summed E-state index contributed by atoms with van der Waals surface area (Å²) in [6.45, 7) is 0. The number of hydrogen-bond donors (Lipinski definition) is 2. The SMILES string of the molecule is CO.NC(=O)c1scnc1-c1c(Cl)cccc1Cl. The number of hydrogen-bond acceptors (Lipinski definition) is 4. The molecule has 3 N–H and O–H groups in total. The summed E-state index contributed by atoms with van der Waals surface area (Å²) >= 11 is 13.2. The predicted octanol–water partition coefficient (Wildman–Crippen LogP) is 2.82. The van der Waals surface area contributed by atoms with Crippen LogP contribution in [0.3, 0.4) is 0 Å². The van der Waals surface area contributed by atoms with E-state index in [1.54, 1.807) is 18.2 Å². The van der Waals surface area contributed by atoms with E-state index in [-0.39, 0.29) is 0 Å². The largest absolute Gasteiger partial charge is 0.400 e. The van der Waals surface area contributed by atoms with Gasteiger partial charge >= 0.3 is 0 Å². The van der Waals surface area contributed by atoms with Crippen molar-refractivity contribution in [3.05, 3.63) is 38.6 Å². The molecule has 1 heterocycles. The van der Waals surface area contributed by atoms with E-state index < -0.39 is 5.91 Å². The highest BCUT2D eigenvalue weighted by Gasteiger charge is 2.18. The number of amides is 1. The summed E-state index contributed by atoms with van der Waals surface area (Å²) in [5, 5.41) is 7.89. The van der Waals surface area contributed by atoms with Gasteiger partial charge in [-0.3, -0.25) is 4.79 Å². The first-order valence-electron chi connectivity index (χ1n) is 4.73. The van der Waals surface area contributed by atoms with E-state index in [1.165, 1.54) is 16.8 Å². The highest BCUT2D eigenvalue weighted by Crippen LogP contribution is 2.36. The normalized spacial score (nSPS) is 9.56. The van der Waals surface area contributed by atoms with Gasteiger partial charge in [0.1, 0.15) is 4.88 Å². The molecule has 0 aliphatic rings. The molecule has 0 atom stereocenters. The molecule has 0 saturated heterocycles. The van der Waals surface area contributed by atoms with Gasteiger partial charge in [-0.25, -0.2) is 4.98 Å². The second-order valence-electron chi connectivity index (χ2n) is 2.99. The van der Waals surface area contributed by atoms with Gasteiger partial charge in [0.15, 0.2) is 0 Å². The van der Waals surface area contributed by atoms with Gasteiger partial charge in [0.2, 0.25) is 0 Å². The van der Waals surface area contributed by atoms with E-state index in [2.05, 4.69) is 4.98 Å². The Morgan fingerprint density at radius 3 is 2.39 bits per heavy atom. The van der Waals surface area contributed by atoms with Crippen LogP contribution in [0.25, 0.3) is 11.3 Å². The Bertz CT molecular complexity index is 537. The maximum atomic E-state index is 11.2. The minimum absolute atomic E-state index is 0.356. The molecular weight excluding hydrogens is 295 g/mol. The van der Waals surface area contributed by atoms with Crippen molar-refractivity contribution >= 4 is 40.4 Å². The third-order valence-corrected chi connectivity index (χ3v) is 3.46. The van der Waals surface area contributed by atoms with Crippen LogP contribution in [-0.2, 0) is 0 Å². The maximum Gasteiger partial charge on any atom is 0.261 e. The lowest BCUT2D eigenvalue weighted by Crippen LogP contribution is -2.10. The summed E-state index contributed by atoms with van der Waals surface area (Å²) in [5.41, 5.74) is 7.76. The Balaban J connectivity index is 0.000000771. The average Bonchev–Trinajstić information content (AvgIpc) is 2.80. The van der Waals surface area contributed by atoms with E-state index in [9.17, 15) is 4.79 Å². The Morgan fingerprint density at radius 2 is 1.89 bits per heavy atom. The number of benzene rings is 1. The van der Waals surface area contributed by atoms with E-state index >= 15 is 0 Å². The van der Waals surface area contributed by atoms with Crippen molar-refractivity contribution in [1.82, 2.24) is 4.98 Å². The van der Waals surface area contributed by atoms with Gasteiger partial charge in [0, 0.05) is 12.7 Å². The van der Waals surface area contributed by atoms with Crippen LogP contribution >= 0.6 is 34.5 Å². The average molecular weight is 305 g/mol. The molecule has 96 valence electrons. The van der Waals surface area contributed by atoms with E-state index in [0.29, 0.717) is 26.2 Å². The first-order chi connectivity index (χ1) is 8.61. The molecule has 0 spiro atoms. The van der Waals surface area contributed by atoms with Gasteiger partial charge in [0.25, 0.3) is 5.91 Å². The molecule has 1 aromatic carbocycles. The molecule has 2 rings (SSSR count). The van der Waals surface area contributed by atoms with Crippen molar-refractivity contribution in [2.45, 2.75) is 0 Å². The predicted molar refractivity (Wildman–Crippen MR) is 74.2 cm³/mol. The molecule has 2 aromatic rings. The molecule has 7 heteroatoms. The molecule has 18 heavy (non-hydrogen) atoms. The number of nitrogens with zero attached hydrogens (tertiary/aromatic N) is 1.